The average molecular weight is 464 g/mol. The van der Waals surface area contributed by atoms with Gasteiger partial charge in [-0.1, -0.05) is 30.3 Å². The van der Waals surface area contributed by atoms with E-state index in [0.29, 0.717) is 48.4 Å². The standard InChI is InChI=1S/C27H23F3N2O2/c1-17-12-19(15-21(29)13-17)27(25(33)22-4-2-3-5-23(22)26(27)34)32-10-8-31(9-11-32)16-18-14-20(28)6-7-24(18)30/h2-7,12-15H,8-11,16H2,1H3. The number of halogens is 3. The lowest BCUT2D eigenvalue weighted by atomic mass is 9.81. The Labute approximate surface area is 195 Å². The molecule has 0 radical (unpaired) electrons. The first-order valence-corrected chi connectivity index (χ1v) is 11.2. The van der Waals surface area contributed by atoms with E-state index in [0.717, 1.165) is 12.1 Å². The van der Waals surface area contributed by atoms with Crippen molar-refractivity contribution >= 4 is 11.6 Å². The van der Waals surface area contributed by atoms with Crippen molar-refractivity contribution in [3.8, 4) is 0 Å². The van der Waals surface area contributed by atoms with Crippen LogP contribution in [-0.2, 0) is 12.1 Å². The first kappa shape index (κ1) is 22.5. The number of benzene rings is 3. The predicted octanol–water partition coefficient (Wildman–Crippen LogP) is 4.50. The van der Waals surface area contributed by atoms with E-state index >= 15 is 0 Å². The quantitative estimate of drug-likeness (QED) is 0.533. The number of hydrogen-bond acceptors (Lipinski definition) is 4. The molecule has 1 heterocycles. The lowest BCUT2D eigenvalue weighted by Crippen LogP contribution is -2.60. The van der Waals surface area contributed by atoms with Crippen LogP contribution in [0, 0.1) is 24.4 Å². The number of Topliss-reactive ketones (excluding diaryl/α,β-unsaturated/α-hetero) is 2. The molecule has 3 aromatic rings. The SMILES string of the molecule is Cc1cc(F)cc(C2(N3CCN(Cc4cc(F)ccc4F)CC3)C(=O)c3ccccc3C2=O)c1. The Bertz CT molecular complexity index is 1240. The van der Waals surface area contributed by atoms with Crippen LogP contribution < -0.4 is 0 Å². The Morgan fingerprint density at radius 2 is 1.44 bits per heavy atom. The highest BCUT2D eigenvalue weighted by molar-refractivity contribution is 6.32. The van der Waals surface area contributed by atoms with Gasteiger partial charge in [0.2, 0.25) is 0 Å². The number of hydrogen-bond donors (Lipinski definition) is 0. The van der Waals surface area contributed by atoms with Crippen LogP contribution in [0.2, 0.25) is 0 Å². The van der Waals surface area contributed by atoms with Gasteiger partial charge in [-0.2, -0.15) is 0 Å². The van der Waals surface area contributed by atoms with Crippen molar-refractivity contribution in [2.45, 2.75) is 19.0 Å². The van der Waals surface area contributed by atoms with Gasteiger partial charge in [0.1, 0.15) is 17.5 Å². The maximum atomic E-state index is 14.5. The molecular formula is C27H23F3N2O2. The maximum Gasteiger partial charge on any atom is 0.196 e. The van der Waals surface area contributed by atoms with Crippen LogP contribution in [0.25, 0.3) is 0 Å². The molecule has 1 aliphatic heterocycles. The molecule has 34 heavy (non-hydrogen) atoms. The zero-order valence-corrected chi connectivity index (χ0v) is 18.7. The Morgan fingerprint density at radius 1 is 0.794 bits per heavy atom. The highest BCUT2D eigenvalue weighted by Gasteiger charge is 2.58. The summed E-state index contributed by atoms with van der Waals surface area (Å²) in [4.78, 5) is 31.4. The molecule has 0 atom stereocenters. The molecule has 5 rings (SSSR count). The molecule has 0 saturated carbocycles. The number of fused-ring (bicyclic) bond motifs is 1. The van der Waals surface area contributed by atoms with E-state index in [1.54, 1.807) is 37.3 Å². The fraction of sp³-hybridized carbons (Fsp3) is 0.259. The molecule has 1 fully saturated rings. The van der Waals surface area contributed by atoms with Crippen LogP contribution in [0.5, 0.6) is 0 Å². The molecular weight excluding hydrogens is 441 g/mol. The van der Waals surface area contributed by atoms with Gasteiger partial charge in [0.25, 0.3) is 0 Å². The minimum Gasteiger partial charge on any atom is -0.296 e. The minimum absolute atomic E-state index is 0.214. The van der Waals surface area contributed by atoms with Gasteiger partial charge in [0, 0.05) is 49.4 Å². The van der Waals surface area contributed by atoms with Gasteiger partial charge >= 0.3 is 0 Å². The predicted molar refractivity (Wildman–Crippen MR) is 121 cm³/mol. The number of nitrogens with zero attached hydrogens (tertiary/aromatic N) is 2. The average Bonchev–Trinajstić information content (AvgIpc) is 3.04. The van der Waals surface area contributed by atoms with Gasteiger partial charge in [0.15, 0.2) is 17.1 Å². The number of carbonyl (C=O) groups excluding carboxylic acids is 2. The van der Waals surface area contributed by atoms with E-state index in [1.165, 1.54) is 18.2 Å². The summed E-state index contributed by atoms with van der Waals surface area (Å²) in [6.07, 6.45) is 0. The number of aryl methyl sites for hydroxylation is 1. The first-order valence-electron chi connectivity index (χ1n) is 11.2. The smallest absolute Gasteiger partial charge is 0.196 e. The summed E-state index contributed by atoms with van der Waals surface area (Å²) in [7, 11) is 0. The molecule has 0 N–H and O–H groups in total. The highest BCUT2D eigenvalue weighted by Crippen LogP contribution is 2.43. The van der Waals surface area contributed by atoms with E-state index in [9.17, 15) is 22.8 Å². The second kappa shape index (κ2) is 8.49. The molecule has 4 nitrogen and oxygen atoms in total. The van der Waals surface area contributed by atoms with Gasteiger partial charge in [-0.25, -0.2) is 13.2 Å². The summed E-state index contributed by atoms with van der Waals surface area (Å²) in [5, 5.41) is 0. The number of ketones is 2. The summed E-state index contributed by atoms with van der Waals surface area (Å²) in [6.45, 7) is 3.47. The van der Waals surface area contributed by atoms with Crippen LogP contribution in [0.4, 0.5) is 13.2 Å². The minimum atomic E-state index is -1.65. The molecule has 2 aliphatic rings. The van der Waals surface area contributed by atoms with Crippen molar-refractivity contribution in [1.82, 2.24) is 9.80 Å². The molecule has 0 unspecified atom stereocenters. The lowest BCUT2D eigenvalue weighted by molar-refractivity contribution is 0.0277. The summed E-state index contributed by atoms with van der Waals surface area (Å²) >= 11 is 0. The van der Waals surface area contributed by atoms with E-state index in [2.05, 4.69) is 0 Å². The fourth-order valence-electron chi connectivity index (χ4n) is 5.20. The normalized spacial score (nSPS) is 18.4. The monoisotopic (exact) mass is 464 g/mol. The van der Waals surface area contributed by atoms with Crippen LogP contribution in [0.3, 0.4) is 0 Å². The van der Waals surface area contributed by atoms with Crippen molar-refractivity contribution < 1.29 is 22.8 Å². The van der Waals surface area contributed by atoms with Crippen molar-refractivity contribution in [2.75, 3.05) is 26.2 Å². The van der Waals surface area contributed by atoms with Crippen LogP contribution in [0.1, 0.15) is 37.4 Å². The summed E-state index contributed by atoms with van der Waals surface area (Å²) in [6, 6.07) is 14.4. The number of carbonyl (C=O) groups is 2. The van der Waals surface area contributed by atoms with Gasteiger partial charge in [-0.3, -0.25) is 19.4 Å². The second-order valence-corrected chi connectivity index (χ2v) is 8.93. The van der Waals surface area contributed by atoms with E-state index in [4.69, 9.17) is 0 Å². The Balaban J connectivity index is 1.49. The molecule has 3 aromatic carbocycles. The van der Waals surface area contributed by atoms with Crippen LogP contribution in [0.15, 0.2) is 60.7 Å². The molecule has 174 valence electrons. The van der Waals surface area contributed by atoms with Crippen LogP contribution in [-0.4, -0.2) is 47.5 Å². The Kier molecular flexibility index (Phi) is 5.62. The maximum absolute atomic E-state index is 14.5. The van der Waals surface area contributed by atoms with Crippen LogP contribution >= 0.6 is 0 Å². The zero-order valence-electron chi connectivity index (χ0n) is 18.7. The molecule has 0 aromatic heterocycles. The van der Waals surface area contributed by atoms with Crippen molar-refractivity contribution in [1.29, 1.82) is 0 Å². The van der Waals surface area contributed by atoms with Crippen molar-refractivity contribution in [3.05, 3.63) is 106 Å². The molecule has 0 spiro atoms. The summed E-state index contributed by atoms with van der Waals surface area (Å²) in [5.41, 5.74) is 0.209. The van der Waals surface area contributed by atoms with Crippen molar-refractivity contribution in [2.24, 2.45) is 0 Å². The van der Waals surface area contributed by atoms with E-state index < -0.39 is 23.0 Å². The zero-order chi connectivity index (χ0) is 24.0. The second-order valence-electron chi connectivity index (χ2n) is 8.93. The Hall–Kier alpha value is -3.29. The lowest BCUT2D eigenvalue weighted by Gasteiger charge is -2.44. The molecule has 1 aliphatic carbocycles. The Morgan fingerprint density at radius 3 is 2.06 bits per heavy atom. The first-order chi connectivity index (χ1) is 16.3. The van der Waals surface area contributed by atoms with Gasteiger partial charge in [-0.05, 0) is 48.4 Å². The highest BCUT2D eigenvalue weighted by atomic mass is 19.1. The summed E-state index contributed by atoms with van der Waals surface area (Å²) < 4.78 is 42.2. The van der Waals surface area contributed by atoms with E-state index in [-0.39, 0.29) is 23.7 Å². The van der Waals surface area contributed by atoms with Crippen molar-refractivity contribution in [3.63, 3.8) is 0 Å². The third-order valence-electron chi connectivity index (χ3n) is 6.78. The molecule has 7 heteroatoms. The summed E-state index contributed by atoms with van der Waals surface area (Å²) in [5.74, 6) is -2.21. The molecule has 0 bridgehead atoms. The number of piperazine rings is 1. The third kappa shape index (κ3) is 3.56. The van der Waals surface area contributed by atoms with Gasteiger partial charge in [-0.15, -0.1) is 0 Å². The molecule has 1 saturated heterocycles. The largest absolute Gasteiger partial charge is 0.296 e. The van der Waals surface area contributed by atoms with E-state index in [1.807, 2.05) is 9.80 Å². The van der Waals surface area contributed by atoms with Gasteiger partial charge < -0.3 is 0 Å². The van der Waals surface area contributed by atoms with Gasteiger partial charge in [0.05, 0.1) is 0 Å². The third-order valence-corrected chi connectivity index (χ3v) is 6.78. The molecule has 0 amide bonds. The number of rotatable bonds is 4. The topological polar surface area (TPSA) is 40.6 Å². The fourth-order valence-corrected chi connectivity index (χ4v) is 5.20.